The second-order valence-electron chi connectivity index (χ2n) is 14.1. The average Bonchev–Trinajstić information content (AvgIpc) is 3.86. The molecule has 0 aliphatic rings. The molecule has 0 aliphatic carbocycles. The van der Waals surface area contributed by atoms with Gasteiger partial charge in [0.05, 0.1) is 11.4 Å². The standard InChI is InChI=1S/C52H32N2OS/c1-3-14-33(15-4-1)35-18-11-19-36(28-35)37-29-38(40-22-12-23-43-41-20-7-9-26-48(41)55-50(40)43)31-39(30-37)46-32-47(54-52(53-46)34-16-5-2-6-17-34)45-25-13-24-44-42-21-8-10-27-49(42)56-51(44)45/h1-32H. The number of fused-ring (bicyclic) bond motifs is 6. The summed E-state index contributed by atoms with van der Waals surface area (Å²) in [5, 5.41) is 4.72. The van der Waals surface area contributed by atoms with Crippen molar-refractivity contribution in [3.8, 4) is 67.3 Å². The van der Waals surface area contributed by atoms with Crippen LogP contribution < -0.4 is 0 Å². The maximum Gasteiger partial charge on any atom is 0.160 e. The first kappa shape index (κ1) is 32.3. The third kappa shape index (κ3) is 5.58. The monoisotopic (exact) mass is 732 g/mol. The van der Waals surface area contributed by atoms with Crippen molar-refractivity contribution in [2.75, 3.05) is 0 Å². The van der Waals surface area contributed by atoms with Gasteiger partial charge in [0.1, 0.15) is 11.2 Å². The number of benzene rings is 8. The molecule has 11 rings (SSSR count). The summed E-state index contributed by atoms with van der Waals surface area (Å²) < 4.78 is 9.09. The average molecular weight is 733 g/mol. The maximum absolute atomic E-state index is 6.60. The second kappa shape index (κ2) is 13.3. The van der Waals surface area contributed by atoms with Crippen molar-refractivity contribution in [1.29, 1.82) is 0 Å². The lowest BCUT2D eigenvalue weighted by Gasteiger charge is -2.14. The summed E-state index contributed by atoms with van der Waals surface area (Å²) in [6.45, 7) is 0. The predicted octanol–water partition coefficient (Wildman–Crippen LogP) is 14.7. The van der Waals surface area contributed by atoms with Gasteiger partial charge >= 0.3 is 0 Å². The Morgan fingerprint density at radius 3 is 1.77 bits per heavy atom. The van der Waals surface area contributed by atoms with Gasteiger partial charge in [-0.05, 0) is 70.3 Å². The molecule has 56 heavy (non-hydrogen) atoms. The van der Waals surface area contributed by atoms with E-state index < -0.39 is 0 Å². The fraction of sp³-hybridized carbons (Fsp3) is 0. The molecule has 3 heterocycles. The smallest absolute Gasteiger partial charge is 0.160 e. The highest BCUT2D eigenvalue weighted by Gasteiger charge is 2.18. The number of nitrogens with zero attached hydrogens (tertiary/aromatic N) is 2. The Bertz CT molecular complexity index is 3250. The number of thiophene rings is 1. The summed E-state index contributed by atoms with van der Waals surface area (Å²) >= 11 is 1.82. The molecule has 0 spiro atoms. The fourth-order valence-corrected chi connectivity index (χ4v) is 9.20. The zero-order valence-corrected chi connectivity index (χ0v) is 31.0. The van der Waals surface area contributed by atoms with Gasteiger partial charge in [-0.2, -0.15) is 0 Å². The summed E-state index contributed by atoms with van der Waals surface area (Å²) in [6.07, 6.45) is 0. The predicted molar refractivity (Wildman–Crippen MR) is 235 cm³/mol. The summed E-state index contributed by atoms with van der Waals surface area (Å²) in [7, 11) is 0. The van der Waals surface area contributed by atoms with Gasteiger partial charge in [0.2, 0.25) is 0 Å². The van der Waals surface area contributed by atoms with E-state index in [1.165, 1.54) is 31.3 Å². The van der Waals surface area contributed by atoms with Crippen molar-refractivity contribution in [2.24, 2.45) is 0 Å². The normalized spacial score (nSPS) is 11.6. The molecule has 8 aromatic carbocycles. The van der Waals surface area contributed by atoms with Crippen LogP contribution in [0.15, 0.2) is 199 Å². The van der Waals surface area contributed by atoms with E-state index in [2.05, 4.69) is 164 Å². The molecule has 0 saturated carbocycles. The minimum atomic E-state index is 0.689. The fourth-order valence-electron chi connectivity index (χ4n) is 7.98. The minimum Gasteiger partial charge on any atom is -0.455 e. The van der Waals surface area contributed by atoms with Crippen LogP contribution in [-0.2, 0) is 0 Å². The molecule has 262 valence electrons. The van der Waals surface area contributed by atoms with Crippen LogP contribution in [0.4, 0.5) is 0 Å². The molecule has 0 unspecified atom stereocenters. The number of furan rings is 1. The molecule has 0 amide bonds. The van der Waals surface area contributed by atoms with E-state index in [0.29, 0.717) is 5.82 Å². The van der Waals surface area contributed by atoms with E-state index in [1.807, 2.05) is 41.7 Å². The van der Waals surface area contributed by atoms with Crippen molar-refractivity contribution >= 4 is 53.4 Å². The van der Waals surface area contributed by atoms with E-state index >= 15 is 0 Å². The lowest BCUT2D eigenvalue weighted by molar-refractivity contribution is 0.670. The molecule has 4 heteroatoms. The van der Waals surface area contributed by atoms with E-state index in [1.54, 1.807) is 0 Å². The van der Waals surface area contributed by atoms with Gasteiger partial charge in [0, 0.05) is 53.2 Å². The van der Waals surface area contributed by atoms with Gasteiger partial charge < -0.3 is 4.42 Å². The van der Waals surface area contributed by atoms with Gasteiger partial charge in [-0.1, -0.05) is 152 Å². The first-order chi connectivity index (χ1) is 27.7. The van der Waals surface area contributed by atoms with Crippen LogP contribution in [0.3, 0.4) is 0 Å². The molecule has 0 N–H and O–H groups in total. The van der Waals surface area contributed by atoms with Crippen molar-refractivity contribution in [2.45, 2.75) is 0 Å². The van der Waals surface area contributed by atoms with Crippen LogP contribution in [0, 0.1) is 0 Å². The number of hydrogen-bond donors (Lipinski definition) is 0. The summed E-state index contributed by atoms with van der Waals surface area (Å²) in [5.74, 6) is 0.689. The lowest BCUT2D eigenvalue weighted by Crippen LogP contribution is -1.97. The van der Waals surface area contributed by atoms with E-state index in [0.717, 1.165) is 72.3 Å². The van der Waals surface area contributed by atoms with Crippen LogP contribution in [0.5, 0.6) is 0 Å². The van der Waals surface area contributed by atoms with E-state index in [9.17, 15) is 0 Å². The topological polar surface area (TPSA) is 38.9 Å². The largest absolute Gasteiger partial charge is 0.455 e. The lowest BCUT2D eigenvalue weighted by atomic mass is 9.92. The molecule has 3 aromatic heterocycles. The molecule has 0 fully saturated rings. The Morgan fingerprint density at radius 2 is 0.929 bits per heavy atom. The van der Waals surface area contributed by atoms with Crippen molar-refractivity contribution in [1.82, 2.24) is 9.97 Å². The minimum absolute atomic E-state index is 0.689. The maximum atomic E-state index is 6.60. The Morgan fingerprint density at radius 1 is 0.357 bits per heavy atom. The van der Waals surface area contributed by atoms with Crippen LogP contribution in [-0.4, -0.2) is 9.97 Å². The van der Waals surface area contributed by atoms with Gasteiger partial charge in [0.15, 0.2) is 5.82 Å². The van der Waals surface area contributed by atoms with Crippen LogP contribution >= 0.6 is 11.3 Å². The molecule has 0 atom stereocenters. The first-order valence-electron chi connectivity index (χ1n) is 18.8. The van der Waals surface area contributed by atoms with Gasteiger partial charge in [-0.15, -0.1) is 11.3 Å². The summed E-state index contributed by atoms with van der Waals surface area (Å²) in [5.41, 5.74) is 13.2. The number of hydrogen-bond acceptors (Lipinski definition) is 4. The highest BCUT2D eigenvalue weighted by atomic mass is 32.1. The van der Waals surface area contributed by atoms with Crippen LogP contribution in [0.25, 0.3) is 109 Å². The Kier molecular flexibility index (Phi) is 7.68. The van der Waals surface area contributed by atoms with Gasteiger partial charge in [-0.25, -0.2) is 9.97 Å². The van der Waals surface area contributed by atoms with Crippen molar-refractivity contribution in [3.63, 3.8) is 0 Å². The Labute approximate surface area is 327 Å². The molecule has 0 aliphatic heterocycles. The highest BCUT2D eigenvalue weighted by Crippen LogP contribution is 2.42. The molecule has 11 aromatic rings. The SMILES string of the molecule is c1ccc(-c2cccc(-c3cc(-c4cc(-c5cccc6c5sc5ccccc56)nc(-c5ccccc5)n4)cc(-c4cccc5c4oc4ccccc45)c3)c2)cc1. The van der Waals surface area contributed by atoms with Gasteiger partial charge in [-0.3, -0.25) is 0 Å². The quantitative estimate of drug-likeness (QED) is 0.171. The third-order valence-electron chi connectivity index (χ3n) is 10.7. The molecular formula is C52H32N2OS. The van der Waals surface area contributed by atoms with Crippen molar-refractivity contribution < 1.29 is 4.42 Å². The highest BCUT2D eigenvalue weighted by molar-refractivity contribution is 7.26. The first-order valence-corrected chi connectivity index (χ1v) is 19.6. The number of aromatic nitrogens is 2. The molecule has 0 bridgehead atoms. The number of para-hydroxylation sites is 2. The molecule has 0 saturated heterocycles. The van der Waals surface area contributed by atoms with Gasteiger partial charge in [0.25, 0.3) is 0 Å². The zero-order valence-electron chi connectivity index (χ0n) is 30.2. The summed E-state index contributed by atoms with van der Waals surface area (Å²) in [4.78, 5) is 10.6. The molecular weight excluding hydrogens is 701 g/mol. The second-order valence-corrected chi connectivity index (χ2v) is 15.2. The van der Waals surface area contributed by atoms with Crippen LogP contribution in [0.1, 0.15) is 0 Å². The Hall–Kier alpha value is -7.14. The molecule has 3 nitrogen and oxygen atoms in total. The van der Waals surface area contributed by atoms with E-state index in [4.69, 9.17) is 14.4 Å². The molecule has 0 radical (unpaired) electrons. The zero-order chi connectivity index (χ0) is 37.0. The third-order valence-corrected chi connectivity index (χ3v) is 11.9. The van der Waals surface area contributed by atoms with Crippen LogP contribution in [0.2, 0.25) is 0 Å². The van der Waals surface area contributed by atoms with E-state index in [-0.39, 0.29) is 0 Å². The Balaban J connectivity index is 1.17. The number of rotatable bonds is 6. The van der Waals surface area contributed by atoms with Crippen molar-refractivity contribution in [3.05, 3.63) is 194 Å². The summed E-state index contributed by atoms with van der Waals surface area (Å²) in [6, 6.07) is 68.5.